The summed E-state index contributed by atoms with van der Waals surface area (Å²) in [5.74, 6) is 0. The Morgan fingerprint density at radius 1 is 0.341 bits per heavy atom. The third-order valence-corrected chi connectivity index (χ3v) is 10.7. The van der Waals surface area contributed by atoms with Crippen LogP contribution in [-0.4, -0.2) is 168 Å². The summed E-state index contributed by atoms with van der Waals surface area (Å²) in [6.45, 7) is 19.7. The molecule has 0 spiro atoms. The second kappa shape index (κ2) is 17.5. The van der Waals surface area contributed by atoms with Gasteiger partial charge in [0.25, 0.3) is 0 Å². The van der Waals surface area contributed by atoms with Crippen LogP contribution in [0.4, 0.5) is 19.2 Å². The van der Waals surface area contributed by atoms with Crippen molar-refractivity contribution in [1.82, 2.24) is 39.2 Å². The van der Waals surface area contributed by atoms with Gasteiger partial charge in [-0.25, -0.2) is 19.2 Å². The van der Waals surface area contributed by atoms with Crippen molar-refractivity contribution >= 4 is 24.1 Å². The van der Waals surface area contributed by atoms with E-state index in [0.29, 0.717) is 0 Å². The molecule has 8 amide bonds. The summed E-state index contributed by atoms with van der Waals surface area (Å²) >= 11 is 0. The Kier molecular flexibility index (Phi) is 16.4. The van der Waals surface area contributed by atoms with E-state index < -0.39 is 0 Å². The first kappa shape index (κ1) is 41.1. The minimum atomic E-state index is -0.299. The summed E-state index contributed by atoms with van der Waals surface area (Å²) in [4.78, 5) is 66.6. The van der Waals surface area contributed by atoms with Crippen molar-refractivity contribution in [2.24, 2.45) is 0 Å². The Bertz CT molecular complexity index is 877. The Morgan fingerprint density at radius 3 is 0.614 bits per heavy atom. The van der Waals surface area contributed by atoms with Crippen LogP contribution in [0.1, 0.15) is 82.1 Å². The van der Waals surface area contributed by atoms with Crippen LogP contribution in [0.3, 0.4) is 0 Å². The normalized spacial score (nSPS) is 16.7. The van der Waals surface area contributed by atoms with Crippen LogP contribution in [-0.2, 0) is 0 Å². The van der Waals surface area contributed by atoms with Gasteiger partial charge in [-0.1, -0.05) is 13.8 Å². The number of hydrogen-bond donors (Lipinski definition) is 0. The van der Waals surface area contributed by atoms with Gasteiger partial charge < -0.3 is 39.2 Å². The molecular weight excluding hydrogens is 560 g/mol. The SMILES string of the molecule is CCC(C)N(C)C(=O)N(C)C(C)C(C)N(C)C(=O)N(C)C(C)C(C)N(C)C(=O)N(C)C(C)C(C)N(C)C(=O)N(C)C(C)CC. The molecule has 0 saturated carbocycles. The molecule has 0 fully saturated rings. The van der Waals surface area contributed by atoms with Crippen molar-refractivity contribution in [2.45, 2.75) is 130 Å². The van der Waals surface area contributed by atoms with Crippen molar-refractivity contribution in [1.29, 1.82) is 0 Å². The summed E-state index contributed by atoms with van der Waals surface area (Å²) in [7, 11) is 14.1. The summed E-state index contributed by atoms with van der Waals surface area (Å²) in [5, 5.41) is 0. The Hall–Kier alpha value is -2.92. The van der Waals surface area contributed by atoms with Crippen LogP contribution in [0, 0.1) is 0 Å². The van der Waals surface area contributed by atoms with Crippen LogP contribution in [0.5, 0.6) is 0 Å². The van der Waals surface area contributed by atoms with Gasteiger partial charge in [0.05, 0.1) is 36.3 Å². The average molecular weight is 627 g/mol. The number of likely N-dealkylation sites (N-methyl/N-ethyl adjacent to an activating group) is 6. The molecule has 0 aromatic rings. The Labute approximate surface area is 269 Å². The van der Waals surface area contributed by atoms with E-state index in [4.69, 9.17) is 0 Å². The molecule has 0 aromatic carbocycles. The zero-order valence-corrected chi connectivity index (χ0v) is 31.2. The first-order valence-electron chi connectivity index (χ1n) is 16.1. The van der Waals surface area contributed by atoms with Crippen LogP contribution < -0.4 is 0 Å². The lowest BCUT2D eigenvalue weighted by atomic mass is 10.1. The van der Waals surface area contributed by atoms with Gasteiger partial charge in [-0.3, -0.25) is 0 Å². The molecule has 0 bridgehead atoms. The third kappa shape index (κ3) is 9.54. The Morgan fingerprint density at radius 2 is 0.477 bits per heavy atom. The lowest BCUT2D eigenvalue weighted by Gasteiger charge is -2.43. The van der Waals surface area contributed by atoms with E-state index in [9.17, 15) is 19.2 Å². The number of urea groups is 4. The molecule has 258 valence electrons. The monoisotopic (exact) mass is 627 g/mol. The van der Waals surface area contributed by atoms with Crippen molar-refractivity contribution in [3.8, 4) is 0 Å². The molecule has 0 heterocycles. The van der Waals surface area contributed by atoms with E-state index in [1.165, 1.54) is 0 Å². The third-order valence-electron chi connectivity index (χ3n) is 10.7. The van der Waals surface area contributed by atoms with E-state index in [-0.39, 0.29) is 72.5 Å². The number of carbonyl (C=O) groups is 4. The van der Waals surface area contributed by atoms with E-state index in [1.807, 2.05) is 69.2 Å². The molecule has 8 atom stereocenters. The molecule has 0 aromatic heterocycles. The van der Waals surface area contributed by atoms with Crippen LogP contribution in [0.15, 0.2) is 0 Å². The maximum atomic E-state index is 13.6. The molecule has 8 unspecified atom stereocenters. The molecule has 0 aliphatic carbocycles. The predicted molar refractivity (Wildman–Crippen MR) is 180 cm³/mol. The van der Waals surface area contributed by atoms with Crippen LogP contribution in [0.25, 0.3) is 0 Å². The van der Waals surface area contributed by atoms with Gasteiger partial charge in [-0.2, -0.15) is 0 Å². The zero-order valence-electron chi connectivity index (χ0n) is 31.2. The van der Waals surface area contributed by atoms with Gasteiger partial charge in [-0.05, 0) is 68.2 Å². The highest BCUT2D eigenvalue weighted by Gasteiger charge is 2.35. The molecular formula is C32H66N8O4. The fourth-order valence-electron chi connectivity index (χ4n) is 4.91. The molecule has 0 aliphatic heterocycles. The fraction of sp³-hybridized carbons (Fsp3) is 0.875. The largest absolute Gasteiger partial charge is 0.325 e. The lowest BCUT2D eigenvalue weighted by Crippen LogP contribution is -2.59. The first-order chi connectivity index (χ1) is 20.1. The molecule has 0 saturated heterocycles. The fourth-order valence-corrected chi connectivity index (χ4v) is 4.91. The predicted octanol–water partition coefficient (Wildman–Crippen LogP) is 4.85. The summed E-state index contributed by atoms with van der Waals surface area (Å²) in [6, 6.07) is -1.86. The number of rotatable bonds is 13. The standard InChI is InChI=1S/C32H66N8O4/c1-19-21(3)33(11)29(41)35(13)23(5)25(7)37(15)31(43)39(17)27(9)28(10)40(18)32(44)38(16)26(8)24(6)36(14)30(42)34(12)22(4)20-2/h21-28H,19-20H2,1-18H3. The van der Waals surface area contributed by atoms with E-state index in [0.717, 1.165) is 12.8 Å². The van der Waals surface area contributed by atoms with Gasteiger partial charge in [0, 0.05) is 68.5 Å². The van der Waals surface area contributed by atoms with Gasteiger partial charge in [0.2, 0.25) is 0 Å². The second-order valence-electron chi connectivity index (χ2n) is 13.0. The van der Waals surface area contributed by atoms with Crippen LogP contribution in [0.2, 0.25) is 0 Å². The number of hydrogen-bond acceptors (Lipinski definition) is 4. The molecule has 12 heteroatoms. The molecule has 12 nitrogen and oxygen atoms in total. The van der Waals surface area contributed by atoms with Crippen molar-refractivity contribution in [2.75, 3.05) is 56.4 Å². The maximum absolute atomic E-state index is 13.6. The second-order valence-corrected chi connectivity index (χ2v) is 13.0. The molecule has 0 radical (unpaired) electrons. The highest BCUT2D eigenvalue weighted by molar-refractivity contribution is 5.77. The average Bonchev–Trinajstić information content (AvgIpc) is 3.04. The smallest absolute Gasteiger partial charge is 0.320 e. The summed E-state index contributed by atoms with van der Waals surface area (Å²) < 4.78 is 0. The first-order valence-corrected chi connectivity index (χ1v) is 16.1. The summed E-state index contributed by atoms with van der Waals surface area (Å²) in [5.41, 5.74) is 0. The quantitative estimate of drug-likeness (QED) is 0.292. The number of nitrogens with zero attached hydrogens (tertiary/aromatic N) is 8. The molecule has 0 rings (SSSR count). The summed E-state index contributed by atoms with van der Waals surface area (Å²) in [6.07, 6.45) is 1.72. The highest BCUT2D eigenvalue weighted by Crippen LogP contribution is 2.19. The number of amides is 8. The zero-order chi connectivity index (χ0) is 35.0. The maximum Gasteiger partial charge on any atom is 0.320 e. The van der Waals surface area contributed by atoms with Gasteiger partial charge in [0.15, 0.2) is 0 Å². The molecule has 0 aliphatic rings. The number of carbonyl (C=O) groups excluding carboxylic acids is 4. The van der Waals surface area contributed by atoms with E-state index >= 15 is 0 Å². The van der Waals surface area contributed by atoms with Crippen molar-refractivity contribution in [3.63, 3.8) is 0 Å². The van der Waals surface area contributed by atoms with Crippen molar-refractivity contribution in [3.05, 3.63) is 0 Å². The van der Waals surface area contributed by atoms with Crippen LogP contribution >= 0.6 is 0 Å². The van der Waals surface area contributed by atoms with Gasteiger partial charge >= 0.3 is 24.1 Å². The van der Waals surface area contributed by atoms with Crippen molar-refractivity contribution < 1.29 is 19.2 Å². The topological polar surface area (TPSA) is 94.2 Å². The molecule has 0 N–H and O–H groups in total. The minimum absolute atomic E-state index is 0.0826. The molecule has 44 heavy (non-hydrogen) atoms. The highest BCUT2D eigenvalue weighted by atomic mass is 16.2. The lowest BCUT2D eigenvalue weighted by molar-refractivity contribution is 0.0822. The van der Waals surface area contributed by atoms with E-state index in [2.05, 4.69) is 0 Å². The Balaban J connectivity index is 5.51. The van der Waals surface area contributed by atoms with Gasteiger partial charge in [-0.15, -0.1) is 0 Å². The van der Waals surface area contributed by atoms with Gasteiger partial charge in [0.1, 0.15) is 0 Å². The minimum Gasteiger partial charge on any atom is -0.325 e. The van der Waals surface area contributed by atoms with E-state index in [1.54, 1.807) is 95.6 Å².